The fraction of sp³-hybridized carbons (Fsp3) is 0.300. The molecule has 0 spiro atoms. The average Bonchev–Trinajstić information content (AvgIpc) is 2.33. The van der Waals surface area contributed by atoms with Gasteiger partial charge >= 0.3 is 0 Å². The molecule has 1 aliphatic heterocycles. The van der Waals surface area contributed by atoms with E-state index in [4.69, 9.17) is 4.74 Å². The zero-order valence-electron chi connectivity index (χ0n) is 7.87. The SMILES string of the molecule is Cc1ccc(O)c2c1C(=O)[C@](C)(O)O2. The second-order valence-corrected chi connectivity index (χ2v) is 3.52. The standard InChI is InChI=1S/C10H10O4/c1-5-3-4-6(11)8-7(5)9(12)10(2,13)14-8/h3-4,11,13H,1-2H3/t10-/m1/s1. The molecule has 2 rings (SSSR count). The van der Waals surface area contributed by atoms with Gasteiger partial charge in [0, 0.05) is 6.92 Å². The first-order chi connectivity index (χ1) is 6.43. The monoisotopic (exact) mass is 194 g/mol. The molecule has 0 aliphatic carbocycles. The highest BCUT2D eigenvalue weighted by atomic mass is 16.6. The fourth-order valence-corrected chi connectivity index (χ4v) is 1.53. The lowest BCUT2D eigenvalue weighted by Gasteiger charge is -2.13. The number of ether oxygens (including phenoxy) is 1. The Morgan fingerprint density at radius 1 is 1.43 bits per heavy atom. The van der Waals surface area contributed by atoms with E-state index in [1.807, 2.05) is 0 Å². The Hall–Kier alpha value is -1.55. The molecule has 4 heteroatoms. The van der Waals surface area contributed by atoms with E-state index in [1.165, 1.54) is 13.0 Å². The van der Waals surface area contributed by atoms with Gasteiger partial charge < -0.3 is 14.9 Å². The molecule has 4 nitrogen and oxygen atoms in total. The first kappa shape index (κ1) is 9.02. The maximum atomic E-state index is 11.6. The van der Waals surface area contributed by atoms with Crippen LogP contribution in [-0.2, 0) is 0 Å². The van der Waals surface area contributed by atoms with Gasteiger partial charge in [0.05, 0.1) is 5.56 Å². The van der Waals surface area contributed by atoms with Crippen LogP contribution in [0.2, 0.25) is 0 Å². The summed E-state index contributed by atoms with van der Waals surface area (Å²) in [6.45, 7) is 2.98. The average molecular weight is 194 g/mol. The third kappa shape index (κ3) is 1.01. The number of aliphatic hydroxyl groups is 1. The second-order valence-electron chi connectivity index (χ2n) is 3.52. The summed E-state index contributed by atoms with van der Waals surface area (Å²) < 4.78 is 4.97. The summed E-state index contributed by atoms with van der Waals surface area (Å²) in [5, 5.41) is 19.0. The summed E-state index contributed by atoms with van der Waals surface area (Å²) in [4.78, 5) is 11.6. The number of hydrogen-bond donors (Lipinski definition) is 2. The Morgan fingerprint density at radius 3 is 2.64 bits per heavy atom. The van der Waals surface area contributed by atoms with Crippen molar-refractivity contribution in [3.05, 3.63) is 23.3 Å². The van der Waals surface area contributed by atoms with Crippen LogP contribution in [0.3, 0.4) is 0 Å². The minimum absolute atomic E-state index is 0.0694. The largest absolute Gasteiger partial charge is 0.504 e. The zero-order valence-corrected chi connectivity index (χ0v) is 7.87. The van der Waals surface area contributed by atoms with Crippen molar-refractivity contribution in [1.29, 1.82) is 0 Å². The highest BCUT2D eigenvalue weighted by molar-refractivity contribution is 6.07. The molecule has 0 saturated heterocycles. The molecule has 14 heavy (non-hydrogen) atoms. The number of ketones is 1. The summed E-state index contributed by atoms with van der Waals surface area (Å²) in [5.74, 6) is -2.43. The first-order valence-electron chi connectivity index (χ1n) is 4.22. The molecule has 1 aromatic carbocycles. The molecule has 1 atom stereocenters. The van der Waals surface area contributed by atoms with Gasteiger partial charge in [0.1, 0.15) is 0 Å². The molecule has 0 amide bonds. The molecule has 0 saturated carbocycles. The van der Waals surface area contributed by atoms with E-state index in [2.05, 4.69) is 0 Å². The van der Waals surface area contributed by atoms with Crippen LogP contribution in [0, 0.1) is 6.92 Å². The zero-order chi connectivity index (χ0) is 10.5. The van der Waals surface area contributed by atoms with Crippen LogP contribution in [0.25, 0.3) is 0 Å². The van der Waals surface area contributed by atoms with Crippen molar-refractivity contribution in [1.82, 2.24) is 0 Å². The molecule has 0 fully saturated rings. The van der Waals surface area contributed by atoms with Gasteiger partial charge in [-0.05, 0) is 18.6 Å². The number of phenols is 1. The molecule has 1 heterocycles. The van der Waals surface area contributed by atoms with Gasteiger partial charge in [0.25, 0.3) is 5.79 Å². The summed E-state index contributed by atoms with van der Waals surface area (Å²) in [7, 11) is 0. The van der Waals surface area contributed by atoms with Gasteiger partial charge in [-0.1, -0.05) is 6.07 Å². The highest BCUT2D eigenvalue weighted by Gasteiger charge is 2.44. The van der Waals surface area contributed by atoms with Crippen LogP contribution in [0.4, 0.5) is 0 Å². The van der Waals surface area contributed by atoms with Crippen molar-refractivity contribution in [2.75, 3.05) is 0 Å². The molecule has 0 radical (unpaired) electrons. The van der Waals surface area contributed by atoms with E-state index in [9.17, 15) is 15.0 Å². The first-order valence-corrected chi connectivity index (χ1v) is 4.22. The predicted octanol–water partition coefficient (Wildman–Crippen LogP) is 0.984. The van der Waals surface area contributed by atoms with E-state index in [-0.39, 0.29) is 17.1 Å². The van der Waals surface area contributed by atoms with Crippen LogP contribution < -0.4 is 4.74 Å². The van der Waals surface area contributed by atoms with E-state index in [0.29, 0.717) is 5.56 Å². The van der Waals surface area contributed by atoms with Crippen molar-refractivity contribution in [3.8, 4) is 11.5 Å². The Labute approximate surface area is 80.7 Å². The van der Waals surface area contributed by atoms with Gasteiger partial charge in [-0.25, -0.2) is 0 Å². The lowest BCUT2D eigenvalue weighted by atomic mass is 10.0. The smallest absolute Gasteiger partial charge is 0.270 e. The molecule has 2 N–H and O–H groups in total. The third-order valence-corrected chi connectivity index (χ3v) is 2.29. The van der Waals surface area contributed by atoms with Gasteiger partial charge in [0.15, 0.2) is 11.5 Å². The predicted molar refractivity (Wildman–Crippen MR) is 48.4 cm³/mol. The number of fused-ring (bicyclic) bond motifs is 1. The van der Waals surface area contributed by atoms with E-state index in [1.54, 1.807) is 13.0 Å². The van der Waals surface area contributed by atoms with Gasteiger partial charge in [-0.3, -0.25) is 4.79 Å². The maximum absolute atomic E-state index is 11.6. The minimum atomic E-state index is -1.86. The number of aryl methyl sites for hydroxylation is 1. The molecular weight excluding hydrogens is 184 g/mol. The van der Waals surface area contributed by atoms with Crippen molar-refractivity contribution in [2.45, 2.75) is 19.6 Å². The van der Waals surface area contributed by atoms with Crippen LogP contribution in [0.1, 0.15) is 22.8 Å². The number of carbonyl (C=O) groups is 1. The molecule has 1 aromatic rings. The van der Waals surface area contributed by atoms with Crippen molar-refractivity contribution in [2.24, 2.45) is 0 Å². The minimum Gasteiger partial charge on any atom is -0.504 e. The van der Waals surface area contributed by atoms with E-state index < -0.39 is 11.6 Å². The lowest BCUT2D eigenvalue weighted by Crippen LogP contribution is -2.35. The van der Waals surface area contributed by atoms with Crippen LogP contribution in [0.15, 0.2) is 12.1 Å². The number of phenolic OH excluding ortho intramolecular Hbond substituents is 1. The fourth-order valence-electron chi connectivity index (χ4n) is 1.53. The quantitative estimate of drug-likeness (QED) is 0.646. The van der Waals surface area contributed by atoms with Crippen LogP contribution in [0.5, 0.6) is 11.5 Å². The number of benzene rings is 1. The Morgan fingerprint density at radius 2 is 2.07 bits per heavy atom. The van der Waals surface area contributed by atoms with E-state index >= 15 is 0 Å². The number of carbonyl (C=O) groups excluding carboxylic acids is 1. The van der Waals surface area contributed by atoms with Crippen molar-refractivity contribution < 1.29 is 19.7 Å². The summed E-state index contributed by atoms with van der Waals surface area (Å²) in [6.07, 6.45) is 0. The highest BCUT2D eigenvalue weighted by Crippen LogP contribution is 2.41. The lowest BCUT2D eigenvalue weighted by molar-refractivity contribution is -0.0757. The normalized spacial score (nSPS) is 24.6. The Kier molecular flexibility index (Phi) is 1.60. The molecular formula is C10H10O4. The number of rotatable bonds is 0. The summed E-state index contributed by atoms with van der Waals surface area (Å²) >= 11 is 0. The number of hydrogen-bond acceptors (Lipinski definition) is 4. The second kappa shape index (κ2) is 2.48. The summed E-state index contributed by atoms with van der Waals surface area (Å²) in [6, 6.07) is 3.04. The summed E-state index contributed by atoms with van der Waals surface area (Å²) in [5.41, 5.74) is 0.940. The van der Waals surface area contributed by atoms with Crippen molar-refractivity contribution in [3.63, 3.8) is 0 Å². The molecule has 1 aliphatic rings. The molecule has 0 aromatic heterocycles. The molecule has 74 valence electrons. The third-order valence-electron chi connectivity index (χ3n) is 2.29. The Bertz CT molecular complexity index is 420. The topological polar surface area (TPSA) is 66.8 Å². The van der Waals surface area contributed by atoms with Gasteiger partial charge in [0.2, 0.25) is 5.78 Å². The van der Waals surface area contributed by atoms with E-state index in [0.717, 1.165) is 0 Å². The molecule has 0 unspecified atom stereocenters. The maximum Gasteiger partial charge on any atom is 0.270 e. The molecule has 0 bridgehead atoms. The number of aromatic hydroxyl groups is 1. The Balaban J connectivity index is 2.70. The van der Waals surface area contributed by atoms with Gasteiger partial charge in [-0.15, -0.1) is 0 Å². The van der Waals surface area contributed by atoms with Crippen LogP contribution >= 0.6 is 0 Å². The number of Topliss-reactive ketones (excluding diaryl/α,β-unsaturated/α-hetero) is 1. The van der Waals surface area contributed by atoms with Gasteiger partial charge in [-0.2, -0.15) is 0 Å². The van der Waals surface area contributed by atoms with Crippen LogP contribution in [-0.4, -0.2) is 21.8 Å². The van der Waals surface area contributed by atoms with Crippen molar-refractivity contribution >= 4 is 5.78 Å².